The topological polar surface area (TPSA) is 316 Å². The van der Waals surface area contributed by atoms with E-state index in [1.165, 1.54) is 0 Å². The molecule has 0 aliphatic rings. The molecule has 128 valence electrons. The molecule has 0 N–H and O–H groups in total. The van der Waals surface area contributed by atoms with Crippen LogP contribution in [0.1, 0.15) is 5.71 Å². The fourth-order valence-electron chi connectivity index (χ4n) is 0. The summed E-state index contributed by atoms with van der Waals surface area (Å²) in [6, 6.07) is 0. The average molecular weight is 944 g/mol. The van der Waals surface area contributed by atoms with Crippen molar-refractivity contribution in [2.45, 2.75) is 0 Å². The minimum absolute atomic E-state index is 0. The van der Waals surface area contributed by atoms with Gasteiger partial charge in [0.05, 0.1) is 0 Å². The molecule has 0 fully saturated rings. The number of rotatable bonds is 0. The maximum atomic E-state index is 8.58. The van der Waals surface area contributed by atoms with Crippen molar-refractivity contribution in [3.63, 3.8) is 0 Å². The second-order valence-corrected chi connectivity index (χ2v) is 5.15. The first-order valence-corrected chi connectivity index (χ1v) is 12.6. The molecule has 0 spiro atoms. The Balaban J connectivity index is -0.00000000852. The predicted molar refractivity (Wildman–Crippen MR) is 19.4 cm³/mol. The molecule has 0 aromatic heterocycles. The molecule has 24 heteroatoms. The van der Waals surface area contributed by atoms with E-state index >= 15 is 0 Å². The quantitative estimate of drug-likeness (QED) is 0.204. The Morgan fingerprint density at radius 1 is 0.375 bits per heavy atom. The van der Waals surface area contributed by atoms with Crippen molar-refractivity contribution in [3.05, 3.63) is 0 Å². The first kappa shape index (κ1) is 57.6. The zero-order chi connectivity index (χ0) is 17.9. The standard InChI is InChI=1S/2Ba.2Nb.15O.5Ti.4H/q2*+2;2*+5;;;;;;10*-1;;;;;;4*-1. The summed E-state index contributed by atoms with van der Waals surface area (Å²) >= 11 is -20.4. The summed E-state index contributed by atoms with van der Waals surface area (Å²) in [4.78, 5) is 0. The molecule has 0 aromatic rings. The molecule has 0 rings (SSSR count). The Labute approximate surface area is 287 Å². The van der Waals surface area contributed by atoms with Crippen molar-refractivity contribution >= 4 is 97.8 Å². The van der Waals surface area contributed by atoms with Crippen LogP contribution in [0, 0.1) is 0 Å². The van der Waals surface area contributed by atoms with E-state index < -0.39 is 93.1 Å². The zero-order valence-electron chi connectivity index (χ0n) is 14.9. The summed E-state index contributed by atoms with van der Waals surface area (Å²) < 4.78 is 129. The molecule has 0 amide bonds. The van der Waals surface area contributed by atoms with Gasteiger partial charge in [-0.25, -0.2) is 0 Å². The average Bonchev–Trinajstić information content (AvgIpc) is 1.94. The molecule has 24 heavy (non-hydrogen) atoms. The van der Waals surface area contributed by atoms with Gasteiger partial charge in [-0.2, -0.15) is 0 Å². The van der Waals surface area contributed by atoms with Gasteiger partial charge in [-0.15, -0.1) is 0 Å². The molecule has 0 atom stereocenters. The van der Waals surface area contributed by atoms with Gasteiger partial charge in [0, 0.05) is 0 Å². The summed E-state index contributed by atoms with van der Waals surface area (Å²) in [6.07, 6.45) is 0. The Morgan fingerprint density at radius 3 is 0.375 bits per heavy atom. The third-order valence-corrected chi connectivity index (χ3v) is 0. The molecule has 0 aromatic carbocycles. The third kappa shape index (κ3) is 482. The second-order valence-electron chi connectivity index (χ2n) is 1.25. The first-order chi connectivity index (χ1) is 8.66. The van der Waals surface area contributed by atoms with Crippen molar-refractivity contribution in [1.82, 2.24) is 0 Å². The van der Waals surface area contributed by atoms with Gasteiger partial charge in [-0.3, -0.25) is 0 Å². The summed E-state index contributed by atoms with van der Waals surface area (Å²) in [7, 11) is 0. The van der Waals surface area contributed by atoms with Crippen LogP contribution in [0.4, 0.5) is 0 Å². The maximum absolute atomic E-state index is 8.58. The SMILES string of the molecule is [Ba+2].[Ba+2].[H-].[H-].[H-].[H-].[Nb+5].[Nb+5].[O]=[Ti]([O-])[O-].[O]=[Ti]([O-])[O-].[O]=[Ti]([O-])[O-].[O]=[Ti]([O-])[O-].[O]=[Ti]([O-])[O-]. The normalized spacial score (nSPS) is 5.42. The van der Waals surface area contributed by atoms with Gasteiger partial charge >= 0.3 is 289 Å². The van der Waals surface area contributed by atoms with Gasteiger partial charge in [0.1, 0.15) is 0 Å². The van der Waals surface area contributed by atoms with Gasteiger partial charge in [0.15, 0.2) is 0 Å². The summed E-state index contributed by atoms with van der Waals surface area (Å²) in [5.74, 6) is 0. The Bertz CT molecular complexity index is 237. The van der Waals surface area contributed by atoms with E-state index in [1.54, 1.807) is 0 Å². The van der Waals surface area contributed by atoms with E-state index in [4.69, 9.17) is 53.5 Å². The van der Waals surface area contributed by atoms with Gasteiger partial charge < -0.3 is 5.71 Å². The zero-order valence-corrected chi connectivity index (χ0v) is 32.0. The van der Waals surface area contributed by atoms with Crippen molar-refractivity contribution < 1.29 is 197 Å². The van der Waals surface area contributed by atoms with Crippen molar-refractivity contribution in [2.75, 3.05) is 0 Å². The molecule has 0 saturated heterocycles. The van der Waals surface area contributed by atoms with E-state index in [9.17, 15) is 0 Å². The number of hydrogen-bond acceptors (Lipinski definition) is 15. The molecule has 0 aliphatic carbocycles. The van der Waals surface area contributed by atoms with Crippen LogP contribution in [0.25, 0.3) is 0 Å². The van der Waals surface area contributed by atoms with Crippen LogP contribution in [-0.4, -0.2) is 97.8 Å². The van der Waals surface area contributed by atoms with Gasteiger partial charge in [-0.05, 0) is 0 Å². The van der Waals surface area contributed by atoms with Crippen LogP contribution in [0.5, 0.6) is 0 Å². The Morgan fingerprint density at radius 2 is 0.375 bits per heavy atom. The van der Waals surface area contributed by atoms with Crippen molar-refractivity contribution in [1.29, 1.82) is 0 Å². The fourth-order valence-corrected chi connectivity index (χ4v) is 0. The second kappa shape index (κ2) is 52.0. The van der Waals surface area contributed by atoms with Crippen molar-refractivity contribution in [3.8, 4) is 0 Å². The van der Waals surface area contributed by atoms with E-state index in [0.29, 0.717) is 0 Å². The summed E-state index contributed by atoms with van der Waals surface area (Å²) in [6.45, 7) is 0. The predicted octanol–water partition coefficient (Wildman–Crippen LogP) is -12.8. The van der Waals surface area contributed by atoms with E-state index in [0.717, 1.165) is 0 Å². The van der Waals surface area contributed by atoms with Crippen LogP contribution in [0.15, 0.2) is 0 Å². The molecule has 0 radical (unpaired) electrons. The van der Waals surface area contributed by atoms with Crippen molar-refractivity contribution in [2.24, 2.45) is 0 Å². The molecule has 0 bridgehead atoms. The molecular weight excluding hydrogens is 940 g/mol. The Kier molecular flexibility index (Phi) is 125. The molecule has 0 heterocycles. The molecule has 0 saturated carbocycles. The van der Waals surface area contributed by atoms with E-state index in [-0.39, 0.29) is 148 Å². The molecule has 15 nitrogen and oxygen atoms in total. The third-order valence-electron chi connectivity index (χ3n) is 0. The van der Waals surface area contributed by atoms with Crippen LogP contribution in [-0.2, 0) is 154 Å². The van der Waals surface area contributed by atoms with Gasteiger partial charge in [0.25, 0.3) is 0 Å². The summed E-state index contributed by atoms with van der Waals surface area (Å²) in [5, 5.41) is 0. The Hall–Kier alpha value is 6.79. The molecular formula is H4Ba2Nb2O15Ti5. The van der Waals surface area contributed by atoms with Gasteiger partial charge in [-0.1, -0.05) is 0 Å². The van der Waals surface area contributed by atoms with Crippen LogP contribution in [0.2, 0.25) is 0 Å². The minimum atomic E-state index is -4.08. The monoisotopic (exact) mass is 945 g/mol. The first-order valence-electron chi connectivity index (χ1n) is 3.06. The molecule has 0 unspecified atom stereocenters. The van der Waals surface area contributed by atoms with Crippen LogP contribution >= 0.6 is 0 Å². The molecule has 0 aliphatic heterocycles. The van der Waals surface area contributed by atoms with E-state index in [1.807, 2.05) is 0 Å². The number of hydrogen-bond donors (Lipinski definition) is 0. The van der Waals surface area contributed by atoms with Gasteiger partial charge in [0.2, 0.25) is 0 Å². The van der Waals surface area contributed by atoms with Crippen LogP contribution < -0.4 is 36.9 Å². The summed E-state index contributed by atoms with van der Waals surface area (Å²) in [5.41, 5.74) is 0. The van der Waals surface area contributed by atoms with Crippen LogP contribution in [0.3, 0.4) is 0 Å². The van der Waals surface area contributed by atoms with E-state index in [2.05, 4.69) is 0 Å². The fraction of sp³-hybridized carbons (Fsp3) is 0.